The molecule has 6 rings (SSSR count). The number of methoxy groups -OCH3 is 1. The van der Waals surface area contributed by atoms with Crippen molar-refractivity contribution in [1.82, 2.24) is 19.6 Å². The summed E-state index contributed by atoms with van der Waals surface area (Å²) in [5.74, 6) is 1.81. The number of ether oxygens (including phenoxy) is 3. The van der Waals surface area contributed by atoms with E-state index in [9.17, 15) is 0 Å². The molecule has 4 aromatic heterocycles. The zero-order valence-corrected chi connectivity index (χ0v) is 22.6. The molecule has 5 heterocycles. The molecule has 0 N–H and O–H groups in total. The van der Waals surface area contributed by atoms with E-state index in [-0.39, 0.29) is 18.8 Å². The summed E-state index contributed by atoms with van der Waals surface area (Å²) in [5.41, 5.74) is 0.513. The predicted octanol–water partition coefficient (Wildman–Crippen LogP) is 6.56. The number of aromatic nitrogens is 4. The zero-order valence-electron chi connectivity index (χ0n) is 21.0. The molecule has 8 nitrogen and oxygen atoms in total. The number of hydrogen-bond donors (Lipinski definition) is 0. The van der Waals surface area contributed by atoms with E-state index < -0.39 is 5.67 Å². The van der Waals surface area contributed by atoms with Crippen LogP contribution in [-0.2, 0) is 23.4 Å². The average molecular weight is 543 g/mol. The predicted molar refractivity (Wildman–Crippen MR) is 140 cm³/mol. The lowest BCUT2D eigenvalue weighted by Gasteiger charge is -2.35. The molecule has 11 heteroatoms. The second-order valence-corrected chi connectivity index (χ2v) is 11.3. The highest BCUT2D eigenvalue weighted by Crippen LogP contribution is 2.42. The van der Waals surface area contributed by atoms with Crippen LogP contribution in [0.3, 0.4) is 0 Å². The Balaban J connectivity index is 1.26. The van der Waals surface area contributed by atoms with Gasteiger partial charge in [0.2, 0.25) is 4.96 Å². The number of nitrogens with zero attached hydrogens (tertiary/aromatic N) is 4. The summed E-state index contributed by atoms with van der Waals surface area (Å²) in [4.78, 5) is 10.1. The molecule has 1 aromatic carbocycles. The molecule has 1 aliphatic rings. The van der Waals surface area contributed by atoms with Crippen molar-refractivity contribution in [2.75, 3.05) is 7.11 Å². The van der Waals surface area contributed by atoms with Crippen LogP contribution in [0.15, 0.2) is 34.2 Å². The number of rotatable bonds is 7. The molecule has 0 spiro atoms. The topological polar surface area (TPSA) is 83.9 Å². The number of imidazole rings is 1. The van der Waals surface area contributed by atoms with Gasteiger partial charge in [0.25, 0.3) is 0 Å². The Hall–Kier alpha value is -3.02. The van der Waals surface area contributed by atoms with Crippen molar-refractivity contribution in [3.63, 3.8) is 0 Å². The van der Waals surface area contributed by atoms with E-state index in [2.05, 4.69) is 22.0 Å². The second-order valence-electron chi connectivity index (χ2n) is 9.41. The van der Waals surface area contributed by atoms with Crippen LogP contribution in [0.4, 0.5) is 4.39 Å². The van der Waals surface area contributed by atoms with Gasteiger partial charge in [0.05, 0.1) is 36.6 Å². The number of furan rings is 1. The molecule has 1 saturated heterocycles. The van der Waals surface area contributed by atoms with Gasteiger partial charge in [0.15, 0.2) is 11.4 Å². The SMILES string of the molecule is CCc1nn2cc(-c3cc4c(OCc5csc(C6(F)CC(C)OC(C)C6)n5)cc(OC)cc4o3)nc2s1. The second kappa shape index (κ2) is 9.38. The largest absolute Gasteiger partial charge is 0.496 e. The third-order valence-corrected chi connectivity index (χ3v) is 8.58. The summed E-state index contributed by atoms with van der Waals surface area (Å²) >= 11 is 2.89. The molecular formula is C26H27FN4O4S2. The molecule has 2 unspecified atom stereocenters. The summed E-state index contributed by atoms with van der Waals surface area (Å²) in [6.07, 6.45) is 3.05. The van der Waals surface area contributed by atoms with Crippen LogP contribution in [0.25, 0.3) is 27.4 Å². The third-order valence-electron chi connectivity index (χ3n) is 6.45. The first-order valence-electron chi connectivity index (χ1n) is 12.2. The highest BCUT2D eigenvalue weighted by atomic mass is 32.1. The van der Waals surface area contributed by atoms with Gasteiger partial charge in [-0.1, -0.05) is 18.3 Å². The van der Waals surface area contributed by atoms with Crippen molar-refractivity contribution in [2.45, 2.75) is 64.5 Å². The molecule has 0 aliphatic carbocycles. The number of thiazole rings is 1. The molecule has 37 heavy (non-hydrogen) atoms. The Morgan fingerprint density at radius 3 is 2.73 bits per heavy atom. The van der Waals surface area contributed by atoms with Gasteiger partial charge in [0, 0.05) is 30.4 Å². The third kappa shape index (κ3) is 4.60. The van der Waals surface area contributed by atoms with E-state index in [0.29, 0.717) is 52.1 Å². The van der Waals surface area contributed by atoms with E-state index in [0.717, 1.165) is 21.8 Å². The first-order chi connectivity index (χ1) is 17.8. The van der Waals surface area contributed by atoms with Crippen LogP contribution in [0.1, 0.15) is 49.3 Å². The molecule has 2 atom stereocenters. The van der Waals surface area contributed by atoms with Gasteiger partial charge in [-0.15, -0.1) is 11.3 Å². The minimum absolute atomic E-state index is 0.145. The first kappa shape index (κ1) is 24.3. The van der Waals surface area contributed by atoms with E-state index in [1.165, 1.54) is 11.3 Å². The minimum Gasteiger partial charge on any atom is -0.496 e. The molecule has 1 aliphatic heterocycles. The van der Waals surface area contributed by atoms with Crippen molar-refractivity contribution in [1.29, 1.82) is 0 Å². The number of fused-ring (bicyclic) bond motifs is 2. The summed E-state index contributed by atoms with van der Waals surface area (Å²) < 4.78 is 41.0. The van der Waals surface area contributed by atoms with Crippen LogP contribution in [0.2, 0.25) is 0 Å². The molecule has 0 amide bonds. The fourth-order valence-electron chi connectivity index (χ4n) is 4.84. The zero-order chi connectivity index (χ0) is 25.7. The summed E-state index contributed by atoms with van der Waals surface area (Å²) in [6.45, 7) is 6.07. The first-order valence-corrected chi connectivity index (χ1v) is 13.9. The van der Waals surface area contributed by atoms with Crippen molar-refractivity contribution >= 4 is 38.6 Å². The van der Waals surface area contributed by atoms with E-state index in [1.54, 1.807) is 23.0 Å². The van der Waals surface area contributed by atoms with Crippen molar-refractivity contribution < 1.29 is 23.0 Å². The lowest BCUT2D eigenvalue weighted by Crippen LogP contribution is -2.38. The molecular weight excluding hydrogens is 515 g/mol. The van der Waals surface area contributed by atoms with Crippen LogP contribution in [0.5, 0.6) is 11.5 Å². The molecule has 0 bridgehead atoms. The Bertz CT molecular complexity index is 1530. The maximum Gasteiger partial charge on any atom is 0.212 e. The molecule has 0 saturated carbocycles. The van der Waals surface area contributed by atoms with Gasteiger partial charge in [-0.2, -0.15) is 5.10 Å². The van der Waals surface area contributed by atoms with Gasteiger partial charge in [-0.05, 0) is 26.3 Å². The van der Waals surface area contributed by atoms with E-state index >= 15 is 4.39 Å². The fraction of sp³-hybridized carbons (Fsp3) is 0.423. The van der Waals surface area contributed by atoms with Crippen LogP contribution in [-0.4, -0.2) is 38.9 Å². The monoisotopic (exact) mass is 542 g/mol. The van der Waals surface area contributed by atoms with Gasteiger partial charge < -0.3 is 18.6 Å². The van der Waals surface area contributed by atoms with Crippen LogP contribution >= 0.6 is 22.7 Å². The molecule has 0 radical (unpaired) electrons. The summed E-state index contributed by atoms with van der Waals surface area (Å²) in [5, 5.41) is 8.69. The average Bonchev–Trinajstić information content (AvgIpc) is 3.63. The van der Waals surface area contributed by atoms with Gasteiger partial charge >= 0.3 is 0 Å². The normalized spacial score (nSPS) is 22.2. The maximum absolute atomic E-state index is 15.7. The van der Waals surface area contributed by atoms with E-state index in [4.69, 9.17) is 18.6 Å². The Kier molecular flexibility index (Phi) is 6.16. The smallest absolute Gasteiger partial charge is 0.212 e. The van der Waals surface area contributed by atoms with E-state index in [1.807, 2.05) is 43.6 Å². The molecule has 194 valence electrons. The van der Waals surface area contributed by atoms with Crippen LogP contribution < -0.4 is 9.47 Å². The van der Waals surface area contributed by atoms with Crippen molar-refractivity contribution in [2.24, 2.45) is 0 Å². The van der Waals surface area contributed by atoms with Gasteiger partial charge in [-0.25, -0.2) is 18.9 Å². The van der Waals surface area contributed by atoms with Gasteiger partial charge in [0.1, 0.15) is 39.4 Å². The number of halogens is 1. The highest BCUT2D eigenvalue weighted by molar-refractivity contribution is 7.16. The summed E-state index contributed by atoms with van der Waals surface area (Å²) in [7, 11) is 1.60. The van der Waals surface area contributed by atoms with Crippen LogP contribution in [0, 0.1) is 0 Å². The minimum atomic E-state index is -1.48. The van der Waals surface area contributed by atoms with Crippen molar-refractivity contribution in [3.05, 3.63) is 45.5 Å². The van der Waals surface area contributed by atoms with Crippen molar-refractivity contribution in [3.8, 4) is 23.0 Å². The van der Waals surface area contributed by atoms with Gasteiger partial charge in [-0.3, -0.25) is 0 Å². The Labute approximate surface area is 221 Å². The summed E-state index contributed by atoms with van der Waals surface area (Å²) in [6, 6.07) is 5.54. The lowest BCUT2D eigenvalue weighted by molar-refractivity contribution is -0.101. The Morgan fingerprint density at radius 1 is 1.19 bits per heavy atom. The quantitative estimate of drug-likeness (QED) is 0.230. The number of alkyl halides is 1. The lowest BCUT2D eigenvalue weighted by atomic mass is 9.90. The number of benzene rings is 1. The molecule has 5 aromatic rings. The highest BCUT2D eigenvalue weighted by Gasteiger charge is 2.42. The standard InChI is InChI=1S/C26H27FN4O4S2/c1-5-23-30-31-11-19(29-25(31)37-23)22-8-18-20(6-17(32-4)7-21(18)35-22)33-12-16-13-36-24(28-16)26(27)9-14(2)34-15(3)10-26/h6-8,11,13-15H,5,9-10,12H2,1-4H3. The maximum atomic E-state index is 15.7. The number of hydrogen-bond acceptors (Lipinski definition) is 9. The Morgan fingerprint density at radius 2 is 2.00 bits per heavy atom. The fourth-order valence-corrected chi connectivity index (χ4v) is 6.57. The molecule has 1 fully saturated rings. The number of aryl methyl sites for hydroxylation is 1.